The molecule has 0 bridgehead atoms. The van der Waals surface area contributed by atoms with E-state index in [9.17, 15) is 4.79 Å². The highest BCUT2D eigenvalue weighted by molar-refractivity contribution is 6.31. The fourth-order valence-electron chi connectivity index (χ4n) is 2.91. The first kappa shape index (κ1) is 17.5. The molecule has 0 N–H and O–H groups in total. The summed E-state index contributed by atoms with van der Waals surface area (Å²) >= 11 is 6.03. The van der Waals surface area contributed by atoms with E-state index < -0.39 is 0 Å². The van der Waals surface area contributed by atoms with Crippen molar-refractivity contribution in [3.63, 3.8) is 0 Å². The van der Waals surface area contributed by atoms with Crippen molar-refractivity contribution in [2.45, 2.75) is 25.9 Å². The average molecular weight is 361 g/mol. The molecule has 1 aliphatic rings. The van der Waals surface area contributed by atoms with Gasteiger partial charge in [-0.25, -0.2) is 0 Å². The minimum Gasteiger partial charge on any atom is -0.496 e. The number of ether oxygens (including phenoxy) is 2. The second-order valence-corrected chi connectivity index (χ2v) is 6.53. The number of piperidine rings is 1. The predicted octanol–water partition coefficient (Wildman–Crippen LogP) is 3.74. The summed E-state index contributed by atoms with van der Waals surface area (Å²) in [7, 11) is 1.55. The maximum Gasteiger partial charge on any atom is 0.257 e. The molecule has 3 rings (SSSR count). The summed E-state index contributed by atoms with van der Waals surface area (Å²) in [6.07, 6.45) is 3.39. The molecule has 25 heavy (non-hydrogen) atoms. The number of pyridine rings is 1. The highest BCUT2D eigenvalue weighted by Gasteiger charge is 2.26. The summed E-state index contributed by atoms with van der Waals surface area (Å²) in [4.78, 5) is 18.8. The molecule has 5 nitrogen and oxygen atoms in total. The molecule has 0 unspecified atom stereocenters. The van der Waals surface area contributed by atoms with E-state index in [0.29, 0.717) is 29.4 Å². The van der Waals surface area contributed by atoms with Crippen LogP contribution in [-0.2, 0) is 0 Å². The minimum atomic E-state index is -0.0604. The Morgan fingerprint density at radius 1 is 1.24 bits per heavy atom. The molecule has 0 spiro atoms. The van der Waals surface area contributed by atoms with Crippen molar-refractivity contribution >= 4 is 17.5 Å². The number of hydrogen-bond acceptors (Lipinski definition) is 4. The lowest BCUT2D eigenvalue weighted by molar-refractivity contribution is 0.0592. The highest BCUT2D eigenvalue weighted by atomic mass is 35.5. The van der Waals surface area contributed by atoms with Gasteiger partial charge in [-0.1, -0.05) is 11.6 Å². The predicted molar refractivity (Wildman–Crippen MR) is 96.5 cm³/mol. The van der Waals surface area contributed by atoms with Gasteiger partial charge < -0.3 is 14.4 Å². The van der Waals surface area contributed by atoms with Crippen LogP contribution >= 0.6 is 11.6 Å². The molecule has 1 saturated heterocycles. The number of likely N-dealkylation sites (tertiary alicyclic amines) is 1. The largest absolute Gasteiger partial charge is 0.496 e. The van der Waals surface area contributed by atoms with Crippen LogP contribution in [-0.4, -0.2) is 42.1 Å². The van der Waals surface area contributed by atoms with Gasteiger partial charge in [0.1, 0.15) is 17.6 Å². The molecule has 132 valence electrons. The standard InChI is InChI=1S/C19H21ClN2O3/c1-13-3-5-16(12-21-13)25-15-7-9-22(10-8-15)19(23)17-11-14(20)4-6-18(17)24-2/h3-6,11-12,15H,7-10H2,1-2H3. The number of amides is 1. The molecule has 1 aromatic heterocycles. The summed E-state index contributed by atoms with van der Waals surface area (Å²) in [5.41, 5.74) is 1.46. The van der Waals surface area contributed by atoms with Crippen LogP contribution in [0.4, 0.5) is 0 Å². The Labute approximate surface area is 152 Å². The van der Waals surface area contributed by atoms with E-state index in [1.165, 1.54) is 0 Å². The fourth-order valence-corrected chi connectivity index (χ4v) is 3.08. The van der Waals surface area contributed by atoms with Crippen molar-refractivity contribution < 1.29 is 14.3 Å². The van der Waals surface area contributed by atoms with Crippen LogP contribution in [0.3, 0.4) is 0 Å². The first-order valence-corrected chi connectivity index (χ1v) is 8.67. The lowest BCUT2D eigenvalue weighted by Gasteiger charge is -2.32. The average Bonchev–Trinajstić information content (AvgIpc) is 2.63. The zero-order valence-corrected chi connectivity index (χ0v) is 15.1. The van der Waals surface area contributed by atoms with Gasteiger partial charge in [0.05, 0.1) is 18.9 Å². The molecule has 1 amide bonds. The summed E-state index contributed by atoms with van der Waals surface area (Å²) in [5.74, 6) is 1.25. The normalized spacial score (nSPS) is 15.1. The maximum absolute atomic E-state index is 12.8. The van der Waals surface area contributed by atoms with Gasteiger partial charge in [0.25, 0.3) is 5.91 Å². The van der Waals surface area contributed by atoms with Crippen molar-refractivity contribution in [2.24, 2.45) is 0 Å². The topological polar surface area (TPSA) is 51.7 Å². The minimum absolute atomic E-state index is 0.0604. The van der Waals surface area contributed by atoms with E-state index in [-0.39, 0.29) is 12.0 Å². The molecule has 1 fully saturated rings. The van der Waals surface area contributed by atoms with Crippen molar-refractivity contribution in [3.8, 4) is 11.5 Å². The molecule has 1 aromatic carbocycles. The Bertz CT molecular complexity index is 741. The highest BCUT2D eigenvalue weighted by Crippen LogP contribution is 2.26. The molecule has 0 radical (unpaired) electrons. The first-order valence-electron chi connectivity index (χ1n) is 8.29. The lowest BCUT2D eigenvalue weighted by atomic mass is 10.1. The number of halogens is 1. The zero-order valence-electron chi connectivity index (χ0n) is 14.4. The molecule has 0 atom stereocenters. The monoisotopic (exact) mass is 360 g/mol. The number of hydrogen-bond donors (Lipinski definition) is 0. The van der Waals surface area contributed by atoms with Crippen LogP contribution in [0.25, 0.3) is 0 Å². The van der Waals surface area contributed by atoms with Crippen LogP contribution in [0.2, 0.25) is 5.02 Å². The third-order valence-electron chi connectivity index (χ3n) is 4.31. The van der Waals surface area contributed by atoms with Gasteiger partial charge >= 0.3 is 0 Å². The Morgan fingerprint density at radius 3 is 2.64 bits per heavy atom. The van der Waals surface area contributed by atoms with Crippen LogP contribution in [0.5, 0.6) is 11.5 Å². The zero-order chi connectivity index (χ0) is 17.8. The van der Waals surface area contributed by atoms with E-state index in [2.05, 4.69) is 4.98 Å². The Hall–Kier alpha value is -2.27. The third kappa shape index (κ3) is 4.23. The summed E-state index contributed by atoms with van der Waals surface area (Å²) in [6, 6.07) is 8.95. The SMILES string of the molecule is COc1ccc(Cl)cc1C(=O)N1CCC(Oc2ccc(C)nc2)CC1. The lowest BCUT2D eigenvalue weighted by Crippen LogP contribution is -2.41. The molecule has 0 saturated carbocycles. The third-order valence-corrected chi connectivity index (χ3v) is 4.54. The maximum atomic E-state index is 12.8. The number of carbonyl (C=O) groups excluding carboxylic acids is 1. The van der Waals surface area contributed by atoms with Gasteiger partial charge in [0.15, 0.2) is 0 Å². The summed E-state index contributed by atoms with van der Waals surface area (Å²) in [6.45, 7) is 3.22. The van der Waals surface area contributed by atoms with Crippen molar-refractivity contribution in [1.82, 2.24) is 9.88 Å². The Balaban J connectivity index is 1.61. The number of carbonyl (C=O) groups is 1. The Kier molecular flexibility index (Phi) is 5.43. The van der Waals surface area contributed by atoms with E-state index in [1.807, 2.05) is 24.0 Å². The van der Waals surface area contributed by atoms with Crippen LogP contribution in [0, 0.1) is 6.92 Å². The van der Waals surface area contributed by atoms with Gasteiger partial charge in [0.2, 0.25) is 0 Å². The van der Waals surface area contributed by atoms with Gasteiger partial charge in [-0.3, -0.25) is 9.78 Å². The van der Waals surface area contributed by atoms with E-state index >= 15 is 0 Å². The molecule has 1 aliphatic heterocycles. The molecule has 2 heterocycles. The molecule has 2 aromatic rings. The smallest absolute Gasteiger partial charge is 0.257 e. The van der Waals surface area contributed by atoms with E-state index in [1.54, 1.807) is 31.5 Å². The number of rotatable bonds is 4. The van der Waals surface area contributed by atoms with Crippen LogP contribution < -0.4 is 9.47 Å². The molecular formula is C19H21ClN2O3. The Morgan fingerprint density at radius 2 is 2.00 bits per heavy atom. The van der Waals surface area contributed by atoms with Crippen LogP contribution in [0.15, 0.2) is 36.5 Å². The number of aryl methyl sites for hydroxylation is 1. The fraction of sp³-hybridized carbons (Fsp3) is 0.368. The second kappa shape index (κ2) is 7.74. The van der Waals surface area contributed by atoms with Crippen molar-refractivity contribution in [2.75, 3.05) is 20.2 Å². The van der Waals surface area contributed by atoms with Gasteiger partial charge in [-0.2, -0.15) is 0 Å². The van der Waals surface area contributed by atoms with Gasteiger partial charge in [-0.15, -0.1) is 0 Å². The second-order valence-electron chi connectivity index (χ2n) is 6.09. The van der Waals surface area contributed by atoms with E-state index in [0.717, 1.165) is 24.3 Å². The number of nitrogens with zero attached hydrogens (tertiary/aromatic N) is 2. The molecule has 6 heteroatoms. The van der Waals surface area contributed by atoms with Gasteiger partial charge in [-0.05, 0) is 37.3 Å². The number of aromatic nitrogens is 1. The summed E-state index contributed by atoms with van der Waals surface area (Å²) < 4.78 is 11.2. The number of benzene rings is 1. The van der Waals surface area contributed by atoms with Crippen LogP contribution in [0.1, 0.15) is 28.9 Å². The quantitative estimate of drug-likeness (QED) is 0.833. The summed E-state index contributed by atoms with van der Waals surface area (Å²) in [5, 5.41) is 0.522. The molecule has 0 aliphatic carbocycles. The number of methoxy groups -OCH3 is 1. The van der Waals surface area contributed by atoms with Crippen molar-refractivity contribution in [1.29, 1.82) is 0 Å². The van der Waals surface area contributed by atoms with Gasteiger partial charge in [0, 0.05) is 36.6 Å². The van der Waals surface area contributed by atoms with E-state index in [4.69, 9.17) is 21.1 Å². The first-order chi connectivity index (χ1) is 12.1. The molecular weight excluding hydrogens is 340 g/mol. The van der Waals surface area contributed by atoms with Crippen molar-refractivity contribution in [3.05, 3.63) is 52.8 Å².